The summed E-state index contributed by atoms with van der Waals surface area (Å²) < 4.78 is 33.7. The van der Waals surface area contributed by atoms with Crippen LogP contribution < -0.4 is 0 Å². The highest BCUT2D eigenvalue weighted by atomic mass is 32.3. The van der Waals surface area contributed by atoms with Crippen LogP contribution in [0.4, 0.5) is 0 Å². The first-order chi connectivity index (χ1) is 15.8. The van der Waals surface area contributed by atoms with Gasteiger partial charge in [-0.1, -0.05) is 80.1 Å². The highest BCUT2D eigenvalue weighted by Gasteiger charge is 2.38. The minimum Gasteiger partial charge on any atom is -0.203 e. The van der Waals surface area contributed by atoms with E-state index < -0.39 is 20.4 Å². The molecule has 0 saturated heterocycles. The van der Waals surface area contributed by atoms with Crippen molar-refractivity contribution in [3.63, 3.8) is 0 Å². The molecule has 0 radical (unpaired) electrons. The molecule has 4 rings (SSSR count). The van der Waals surface area contributed by atoms with Gasteiger partial charge in [-0.25, -0.2) is 3.63 Å². The third kappa shape index (κ3) is 4.76. The molecule has 0 amide bonds. The van der Waals surface area contributed by atoms with Crippen LogP contribution in [0.3, 0.4) is 0 Å². The van der Waals surface area contributed by atoms with Crippen LogP contribution >= 0.6 is 10.3 Å². The smallest absolute Gasteiger partial charge is 0.203 e. The fourth-order valence-corrected chi connectivity index (χ4v) is 8.89. The van der Waals surface area contributed by atoms with Crippen molar-refractivity contribution < 1.29 is 12.0 Å². The number of hydrogen-bond acceptors (Lipinski definition) is 3. The van der Waals surface area contributed by atoms with Crippen LogP contribution in [0.1, 0.15) is 30.9 Å². The van der Waals surface area contributed by atoms with Gasteiger partial charge in [0.2, 0.25) is 0 Å². The van der Waals surface area contributed by atoms with E-state index in [9.17, 15) is 8.42 Å². The molecule has 0 aliphatic carbocycles. The molecule has 4 aromatic rings. The molecule has 0 N–H and O–H groups in total. The first-order valence-corrected chi connectivity index (χ1v) is 13.9. The van der Waals surface area contributed by atoms with Crippen LogP contribution in [0, 0.1) is 6.92 Å². The number of aryl methyl sites for hydroxylation is 1. The second-order valence-electron chi connectivity index (χ2n) is 8.24. The molecule has 0 atom stereocenters. The normalized spacial score (nSPS) is 12.6. The van der Waals surface area contributed by atoms with Crippen LogP contribution in [0.15, 0.2) is 129 Å². The van der Waals surface area contributed by atoms with Gasteiger partial charge in [-0.05, 0) is 77.2 Å². The summed E-state index contributed by atoms with van der Waals surface area (Å²) >= 11 is 0. The minimum atomic E-state index is -4.07. The summed E-state index contributed by atoms with van der Waals surface area (Å²) in [6, 6.07) is 34.3. The van der Waals surface area contributed by atoms with E-state index in [-0.39, 0.29) is 4.90 Å². The Kier molecular flexibility index (Phi) is 6.75. The van der Waals surface area contributed by atoms with Gasteiger partial charge < -0.3 is 0 Å². The van der Waals surface area contributed by atoms with E-state index in [1.165, 1.54) is 5.56 Å². The quantitative estimate of drug-likeness (QED) is 0.274. The summed E-state index contributed by atoms with van der Waals surface area (Å²) in [6.45, 7) is 6.21. The average molecular weight is 477 g/mol. The second kappa shape index (κ2) is 9.56. The monoisotopic (exact) mass is 476 g/mol. The maximum Gasteiger partial charge on any atom is 0.307 e. The van der Waals surface area contributed by atoms with Crippen LogP contribution in [0.2, 0.25) is 0 Å². The molecule has 33 heavy (non-hydrogen) atoms. The summed E-state index contributed by atoms with van der Waals surface area (Å²) in [5, 5.41) is 0. The van der Waals surface area contributed by atoms with Crippen molar-refractivity contribution in [3.05, 3.63) is 120 Å². The lowest BCUT2D eigenvalue weighted by molar-refractivity contribution is 0.508. The predicted octanol–water partition coefficient (Wildman–Crippen LogP) is 7.72. The van der Waals surface area contributed by atoms with E-state index in [0.717, 1.165) is 20.2 Å². The van der Waals surface area contributed by atoms with Gasteiger partial charge in [0.1, 0.15) is 0 Å². The minimum absolute atomic E-state index is 0.149. The van der Waals surface area contributed by atoms with E-state index in [1.54, 1.807) is 24.3 Å². The molecule has 4 aromatic carbocycles. The van der Waals surface area contributed by atoms with Gasteiger partial charge in [-0.2, -0.15) is 8.42 Å². The molecule has 0 fully saturated rings. The molecule has 0 spiro atoms. The summed E-state index contributed by atoms with van der Waals surface area (Å²) in [5.74, 6) is 0.370. The van der Waals surface area contributed by atoms with Crippen LogP contribution in [-0.2, 0) is 13.7 Å². The van der Waals surface area contributed by atoms with Crippen molar-refractivity contribution in [3.8, 4) is 0 Å². The van der Waals surface area contributed by atoms with Crippen molar-refractivity contribution in [1.29, 1.82) is 0 Å². The van der Waals surface area contributed by atoms with E-state index in [2.05, 4.69) is 26.0 Å². The lowest BCUT2D eigenvalue weighted by Gasteiger charge is -2.39. The average Bonchev–Trinajstić information content (AvgIpc) is 2.84. The molecule has 0 heterocycles. The third-order valence-corrected chi connectivity index (χ3v) is 10.7. The molecular formula is C28H28O3S2. The van der Waals surface area contributed by atoms with Crippen molar-refractivity contribution >= 4 is 20.4 Å². The Morgan fingerprint density at radius 1 is 0.576 bits per heavy atom. The third-order valence-electron chi connectivity index (χ3n) is 5.53. The molecule has 0 aliphatic heterocycles. The zero-order valence-corrected chi connectivity index (χ0v) is 20.6. The predicted molar refractivity (Wildman–Crippen MR) is 135 cm³/mol. The highest BCUT2D eigenvalue weighted by molar-refractivity contribution is 8.33. The topological polar surface area (TPSA) is 43.4 Å². The number of benzene rings is 4. The van der Waals surface area contributed by atoms with Gasteiger partial charge in [0.15, 0.2) is 0 Å². The van der Waals surface area contributed by atoms with Crippen molar-refractivity contribution in [2.45, 2.75) is 46.3 Å². The Morgan fingerprint density at radius 2 is 1.00 bits per heavy atom. The lowest BCUT2D eigenvalue weighted by Crippen LogP contribution is -2.14. The Morgan fingerprint density at radius 3 is 1.45 bits per heavy atom. The van der Waals surface area contributed by atoms with Crippen molar-refractivity contribution in [2.24, 2.45) is 0 Å². The fraction of sp³-hybridized carbons (Fsp3) is 0.143. The molecule has 5 heteroatoms. The Balaban J connectivity index is 1.98. The highest BCUT2D eigenvalue weighted by Crippen LogP contribution is 2.70. The molecule has 0 saturated carbocycles. The molecule has 0 unspecified atom stereocenters. The van der Waals surface area contributed by atoms with Gasteiger partial charge in [-0.3, -0.25) is 0 Å². The van der Waals surface area contributed by atoms with Gasteiger partial charge >= 0.3 is 10.1 Å². The van der Waals surface area contributed by atoms with Crippen LogP contribution in [0.25, 0.3) is 0 Å². The standard InChI is InChI=1S/C28H28O3S2/c1-22(2)24-16-20-27(21-17-24)32(25-10-6-4-7-11-25,26-12-8-5-9-13-26)31-33(29,30)28-18-14-23(3)15-19-28/h4-22H,1-3H3. The van der Waals surface area contributed by atoms with Crippen LogP contribution in [-0.4, -0.2) is 8.42 Å². The van der Waals surface area contributed by atoms with E-state index in [4.69, 9.17) is 3.63 Å². The van der Waals surface area contributed by atoms with Gasteiger partial charge in [0.25, 0.3) is 0 Å². The summed E-state index contributed by atoms with van der Waals surface area (Å²) in [5.41, 5.74) is 2.18. The summed E-state index contributed by atoms with van der Waals surface area (Å²) in [6.07, 6.45) is 0. The van der Waals surface area contributed by atoms with E-state index in [1.807, 2.05) is 79.7 Å². The zero-order chi connectivity index (χ0) is 23.5. The summed E-state index contributed by atoms with van der Waals surface area (Å²) in [7, 11) is -6.65. The van der Waals surface area contributed by atoms with Gasteiger partial charge in [0, 0.05) is 14.7 Å². The molecule has 0 aromatic heterocycles. The Hall–Kier alpha value is -2.86. The zero-order valence-electron chi connectivity index (χ0n) is 19.0. The van der Waals surface area contributed by atoms with Gasteiger partial charge in [0.05, 0.1) is 4.90 Å². The molecule has 0 aliphatic rings. The molecular weight excluding hydrogens is 448 g/mol. The second-order valence-corrected chi connectivity index (χ2v) is 12.7. The van der Waals surface area contributed by atoms with Gasteiger partial charge in [-0.15, -0.1) is 0 Å². The Bertz CT molecular complexity index is 1260. The first kappa shape index (κ1) is 23.3. The Labute approximate surface area is 198 Å². The van der Waals surface area contributed by atoms with Crippen LogP contribution in [0.5, 0.6) is 0 Å². The van der Waals surface area contributed by atoms with Crippen molar-refractivity contribution in [2.75, 3.05) is 0 Å². The fourth-order valence-electron chi connectivity index (χ4n) is 3.67. The van der Waals surface area contributed by atoms with Crippen molar-refractivity contribution in [1.82, 2.24) is 0 Å². The summed E-state index contributed by atoms with van der Waals surface area (Å²) in [4.78, 5) is 2.63. The molecule has 170 valence electrons. The number of rotatable bonds is 7. The largest absolute Gasteiger partial charge is 0.307 e. The van der Waals surface area contributed by atoms with E-state index >= 15 is 0 Å². The first-order valence-electron chi connectivity index (χ1n) is 10.9. The number of hydrogen-bond donors (Lipinski definition) is 0. The molecule has 0 bridgehead atoms. The maximum atomic E-state index is 13.7. The lowest BCUT2D eigenvalue weighted by atomic mass is 10.0. The maximum absolute atomic E-state index is 13.7. The molecule has 3 nitrogen and oxygen atoms in total. The SMILES string of the molecule is Cc1ccc(S(=O)(=O)OS(c2ccccc2)(c2ccccc2)c2ccc(C(C)C)cc2)cc1. The van der Waals surface area contributed by atoms with E-state index in [0.29, 0.717) is 5.92 Å².